The summed E-state index contributed by atoms with van der Waals surface area (Å²) in [5.41, 5.74) is 6.48. The summed E-state index contributed by atoms with van der Waals surface area (Å²) in [7, 11) is 0. The van der Waals surface area contributed by atoms with Crippen LogP contribution < -0.4 is 5.32 Å². The van der Waals surface area contributed by atoms with E-state index >= 15 is 0 Å². The fraction of sp³-hybridized carbons (Fsp3) is 0.156. The lowest BCUT2D eigenvalue weighted by Gasteiger charge is -2.39. The normalized spacial score (nSPS) is 14.9. The van der Waals surface area contributed by atoms with Crippen LogP contribution in [0.1, 0.15) is 29.2 Å². The third-order valence-electron chi connectivity index (χ3n) is 6.79. The molecule has 0 amide bonds. The smallest absolute Gasteiger partial charge is 0.303 e. The molecular weight excluding hydrogens is 430 g/mol. The maximum atomic E-state index is 12.1. The maximum absolute atomic E-state index is 12.1. The monoisotopic (exact) mass is 459 g/mol. The SMILES string of the molecule is C=C[C@H](OC(C)=O)[C@H](Cc1ccccc1)NC1(c2ccccc2)c2ccccc2-c2ccccc21. The topological polar surface area (TPSA) is 38.3 Å². The van der Waals surface area contributed by atoms with E-state index in [2.05, 4.69) is 96.8 Å². The largest absolute Gasteiger partial charge is 0.457 e. The molecule has 3 heteroatoms. The molecule has 35 heavy (non-hydrogen) atoms. The Labute approximate surface area is 207 Å². The molecule has 5 rings (SSSR count). The molecule has 0 bridgehead atoms. The minimum Gasteiger partial charge on any atom is -0.457 e. The number of nitrogens with one attached hydrogen (secondary N) is 1. The number of hydrogen-bond donors (Lipinski definition) is 1. The number of esters is 1. The number of fused-ring (bicyclic) bond motifs is 3. The van der Waals surface area contributed by atoms with E-state index in [4.69, 9.17) is 4.74 Å². The van der Waals surface area contributed by atoms with Crippen molar-refractivity contribution in [1.82, 2.24) is 5.32 Å². The number of ether oxygens (including phenoxy) is 1. The summed E-state index contributed by atoms with van der Waals surface area (Å²) in [6, 6.07) is 37.7. The Morgan fingerprint density at radius 1 is 0.829 bits per heavy atom. The molecule has 4 aromatic carbocycles. The predicted molar refractivity (Wildman–Crippen MR) is 141 cm³/mol. The third-order valence-corrected chi connectivity index (χ3v) is 6.79. The van der Waals surface area contributed by atoms with Crippen molar-refractivity contribution in [2.45, 2.75) is 31.0 Å². The van der Waals surface area contributed by atoms with Crippen LogP contribution in [0.5, 0.6) is 0 Å². The third kappa shape index (κ3) is 4.20. The Hall–Kier alpha value is -3.95. The molecule has 1 aliphatic rings. The summed E-state index contributed by atoms with van der Waals surface area (Å²) in [6.45, 7) is 5.47. The lowest BCUT2D eigenvalue weighted by molar-refractivity contribution is -0.145. The summed E-state index contributed by atoms with van der Waals surface area (Å²) < 4.78 is 5.78. The Morgan fingerprint density at radius 2 is 1.34 bits per heavy atom. The quantitative estimate of drug-likeness (QED) is 0.249. The van der Waals surface area contributed by atoms with Crippen molar-refractivity contribution in [2.75, 3.05) is 0 Å². The first kappa shape index (κ1) is 22.8. The second-order valence-corrected chi connectivity index (χ2v) is 8.96. The molecule has 1 N–H and O–H groups in total. The molecule has 0 aromatic heterocycles. The zero-order valence-corrected chi connectivity index (χ0v) is 19.9. The molecular formula is C32H29NO2. The predicted octanol–water partition coefficient (Wildman–Crippen LogP) is 6.28. The van der Waals surface area contributed by atoms with Gasteiger partial charge in [0.25, 0.3) is 0 Å². The van der Waals surface area contributed by atoms with Gasteiger partial charge in [-0.1, -0.05) is 116 Å². The van der Waals surface area contributed by atoms with Crippen molar-refractivity contribution in [1.29, 1.82) is 0 Å². The van der Waals surface area contributed by atoms with E-state index in [0.717, 1.165) is 11.1 Å². The average molecular weight is 460 g/mol. The number of benzene rings is 4. The lowest BCUT2D eigenvalue weighted by Crippen LogP contribution is -2.54. The number of carbonyl (C=O) groups excluding carboxylic acids is 1. The van der Waals surface area contributed by atoms with Crippen molar-refractivity contribution in [3.05, 3.63) is 144 Å². The minimum absolute atomic E-state index is 0.224. The minimum atomic E-state index is -0.616. The van der Waals surface area contributed by atoms with Crippen LogP contribution >= 0.6 is 0 Å². The summed E-state index contributed by atoms with van der Waals surface area (Å²) >= 11 is 0. The van der Waals surface area contributed by atoms with Gasteiger partial charge in [-0.05, 0) is 45.9 Å². The Balaban J connectivity index is 1.71. The van der Waals surface area contributed by atoms with Crippen molar-refractivity contribution in [3.8, 4) is 11.1 Å². The van der Waals surface area contributed by atoms with E-state index in [-0.39, 0.29) is 12.0 Å². The molecule has 1 aliphatic carbocycles. The van der Waals surface area contributed by atoms with Crippen LogP contribution in [0.15, 0.2) is 122 Å². The molecule has 0 unspecified atom stereocenters. The van der Waals surface area contributed by atoms with E-state index in [1.54, 1.807) is 6.08 Å². The zero-order valence-electron chi connectivity index (χ0n) is 19.9. The van der Waals surface area contributed by atoms with Crippen molar-refractivity contribution in [3.63, 3.8) is 0 Å². The molecule has 3 nitrogen and oxygen atoms in total. The van der Waals surface area contributed by atoms with Gasteiger partial charge in [0.1, 0.15) is 6.10 Å². The van der Waals surface area contributed by atoms with Crippen LogP contribution in [0.2, 0.25) is 0 Å². The highest BCUT2D eigenvalue weighted by atomic mass is 16.5. The first-order chi connectivity index (χ1) is 17.1. The van der Waals surface area contributed by atoms with Gasteiger partial charge in [-0.25, -0.2) is 0 Å². The van der Waals surface area contributed by atoms with Gasteiger partial charge in [0.05, 0.1) is 11.6 Å². The van der Waals surface area contributed by atoms with E-state index in [0.29, 0.717) is 6.42 Å². The standard InChI is InChI=1S/C32H29NO2/c1-3-31(35-23(2)34)30(22-24-14-6-4-7-15-24)33-32(25-16-8-5-9-17-25)28-20-12-10-18-26(28)27-19-11-13-21-29(27)32/h3-21,30-31,33H,1,22H2,2H3/t30-,31-/m0/s1. The van der Waals surface area contributed by atoms with E-state index in [9.17, 15) is 4.79 Å². The van der Waals surface area contributed by atoms with Gasteiger partial charge < -0.3 is 4.74 Å². The maximum Gasteiger partial charge on any atom is 0.303 e. The van der Waals surface area contributed by atoms with Crippen molar-refractivity contribution >= 4 is 5.97 Å². The van der Waals surface area contributed by atoms with Crippen LogP contribution in [0.4, 0.5) is 0 Å². The van der Waals surface area contributed by atoms with E-state index < -0.39 is 11.6 Å². The van der Waals surface area contributed by atoms with Gasteiger partial charge in [0.15, 0.2) is 0 Å². The molecule has 0 radical (unpaired) electrons. The summed E-state index contributed by atoms with van der Waals surface area (Å²) in [5, 5.41) is 4.01. The summed E-state index contributed by atoms with van der Waals surface area (Å²) in [6.07, 6.45) is 1.89. The van der Waals surface area contributed by atoms with Crippen LogP contribution in [-0.4, -0.2) is 18.1 Å². The molecule has 0 saturated heterocycles. The van der Waals surface area contributed by atoms with Crippen molar-refractivity contribution in [2.24, 2.45) is 0 Å². The second-order valence-electron chi connectivity index (χ2n) is 8.96. The van der Waals surface area contributed by atoms with Gasteiger partial charge in [0.2, 0.25) is 0 Å². The summed E-state index contributed by atoms with van der Waals surface area (Å²) in [4.78, 5) is 12.1. The molecule has 0 spiro atoms. The van der Waals surface area contributed by atoms with Gasteiger partial charge in [-0.15, -0.1) is 0 Å². The lowest BCUT2D eigenvalue weighted by atomic mass is 9.79. The highest BCUT2D eigenvalue weighted by Gasteiger charge is 2.46. The first-order valence-corrected chi connectivity index (χ1v) is 12.0. The molecule has 0 fully saturated rings. The molecule has 174 valence electrons. The highest BCUT2D eigenvalue weighted by Crippen LogP contribution is 2.51. The van der Waals surface area contributed by atoms with Crippen molar-refractivity contribution < 1.29 is 9.53 Å². The molecule has 4 aromatic rings. The van der Waals surface area contributed by atoms with Crippen LogP contribution in [0, 0.1) is 0 Å². The molecule has 0 saturated carbocycles. The number of carbonyl (C=O) groups is 1. The fourth-order valence-corrected chi connectivity index (χ4v) is 5.35. The van der Waals surface area contributed by atoms with Gasteiger partial charge >= 0.3 is 5.97 Å². The fourth-order valence-electron chi connectivity index (χ4n) is 5.35. The average Bonchev–Trinajstić information content (AvgIpc) is 3.19. The Bertz CT molecular complexity index is 1280. The van der Waals surface area contributed by atoms with Crippen LogP contribution in [0.25, 0.3) is 11.1 Å². The second kappa shape index (κ2) is 9.73. The van der Waals surface area contributed by atoms with Gasteiger partial charge in [-0.3, -0.25) is 10.1 Å². The Morgan fingerprint density at radius 3 is 1.89 bits per heavy atom. The van der Waals surface area contributed by atoms with Gasteiger partial charge in [0, 0.05) is 6.92 Å². The molecule has 0 aliphatic heterocycles. The summed E-state index contributed by atoms with van der Waals surface area (Å²) in [5.74, 6) is -0.323. The Kier molecular flexibility index (Phi) is 6.35. The van der Waals surface area contributed by atoms with Gasteiger partial charge in [-0.2, -0.15) is 0 Å². The first-order valence-electron chi connectivity index (χ1n) is 12.0. The highest BCUT2D eigenvalue weighted by molar-refractivity contribution is 5.83. The van der Waals surface area contributed by atoms with E-state index in [1.807, 2.05) is 24.3 Å². The number of hydrogen-bond acceptors (Lipinski definition) is 3. The zero-order chi connectivity index (χ0) is 24.3. The molecule has 2 atom stereocenters. The van der Waals surface area contributed by atoms with Crippen LogP contribution in [-0.2, 0) is 21.5 Å². The van der Waals surface area contributed by atoms with Crippen LogP contribution in [0.3, 0.4) is 0 Å². The van der Waals surface area contributed by atoms with E-state index in [1.165, 1.54) is 29.2 Å². The number of rotatable bonds is 8. The molecule has 0 heterocycles.